The van der Waals surface area contributed by atoms with Crippen molar-refractivity contribution in [2.45, 2.75) is 58.4 Å². The molecule has 0 saturated heterocycles. The standard InChI is InChI=1S/C16H24N2O2/c1-3-7-13-10-12(16(19)20)11-15(17-13)18(4-2)14-8-5-6-9-14/h10-11,14H,3-9H2,1-2H3,(H,19,20). The maximum Gasteiger partial charge on any atom is 0.335 e. The Balaban J connectivity index is 2.34. The highest BCUT2D eigenvalue weighted by Crippen LogP contribution is 2.28. The number of aryl methyl sites for hydroxylation is 1. The molecule has 0 aromatic carbocycles. The second kappa shape index (κ2) is 6.73. The van der Waals surface area contributed by atoms with Crippen LogP contribution >= 0.6 is 0 Å². The van der Waals surface area contributed by atoms with Crippen LogP contribution in [0.4, 0.5) is 5.82 Å². The molecule has 110 valence electrons. The lowest BCUT2D eigenvalue weighted by Crippen LogP contribution is -2.34. The highest BCUT2D eigenvalue weighted by Gasteiger charge is 2.23. The molecule has 0 atom stereocenters. The Hall–Kier alpha value is -1.58. The van der Waals surface area contributed by atoms with E-state index in [9.17, 15) is 9.90 Å². The molecule has 1 aromatic heterocycles. The number of carboxylic acids is 1. The summed E-state index contributed by atoms with van der Waals surface area (Å²) in [6.45, 7) is 5.09. The lowest BCUT2D eigenvalue weighted by Gasteiger charge is -2.29. The Morgan fingerprint density at radius 3 is 2.60 bits per heavy atom. The van der Waals surface area contributed by atoms with Gasteiger partial charge in [0.2, 0.25) is 0 Å². The third-order valence-electron chi connectivity index (χ3n) is 4.02. The first-order valence-electron chi connectivity index (χ1n) is 7.66. The van der Waals surface area contributed by atoms with Gasteiger partial charge in [0.05, 0.1) is 5.56 Å². The number of aromatic nitrogens is 1. The van der Waals surface area contributed by atoms with E-state index in [-0.39, 0.29) is 0 Å². The second-order valence-electron chi connectivity index (χ2n) is 5.48. The van der Waals surface area contributed by atoms with Crippen molar-refractivity contribution in [3.8, 4) is 0 Å². The van der Waals surface area contributed by atoms with Gasteiger partial charge < -0.3 is 10.0 Å². The van der Waals surface area contributed by atoms with Gasteiger partial charge in [0.25, 0.3) is 0 Å². The van der Waals surface area contributed by atoms with Gasteiger partial charge in [-0.1, -0.05) is 26.2 Å². The van der Waals surface area contributed by atoms with Crippen LogP contribution in [0.25, 0.3) is 0 Å². The Labute approximate surface area is 120 Å². The number of anilines is 1. The molecule has 20 heavy (non-hydrogen) atoms. The molecule has 1 fully saturated rings. The first kappa shape index (κ1) is 14.8. The average molecular weight is 276 g/mol. The molecular formula is C16H24N2O2. The van der Waals surface area contributed by atoms with Crippen LogP contribution in [0.15, 0.2) is 12.1 Å². The van der Waals surface area contributed by atoms with Gasteiger partial charge >= 0.3 is 5.97 Å². The van der Waals surface area contributed by atoms with Gasteiger partial charge in [-0.25, -0.2) is 9.78 Å². The number of pyridine rings is 1. The molecule has 0 radical (unpaired) electrons. The lowest BCUT2D eigenvalue weighted by molar-refractivity contribution is 0.0696. The van der Waals surface area contributed by atoms with Crippen LogP contribution < -0.4 is 4.90 Å². The molecule has 4 heteroatoms. The van der Waals surface area contributed by atoms with Gasteiger partial charge in [-0.05, 0) is 38.3 Å². The molecule has 1 N–H and O–H groups in total. The molecule has 0 bridgehead atoms. The molecule has 0 spiro atoms. The zero-order chi connectivity index (χ0) is 14.5. The van der Waals surface area contributed by atoms with Crippen LogP contribution in [-0.2, 0) is 6.42 Å². The Kier molecular flexibility index (Phi) is 4.99. The zero-order valence-corrected chi connectivity index (χ0v) is 12.4. The molecule has 1 aliphatic rings. The van der Waals surface area contributed by atoms with E-state index in [4.69, 9.17) is 0 Å². The molecule has 1 aromatic rings. The summed E-state index contributed by atoms with van der Waals surface area (Å²) in [7, 11) is 0. The predicted molar refractivity (Wildman–Crippen MR) is 80.5 cm³/mol. The average Bonchev–Trinajstić information content (AvgIpc) is 2.93. The van der Waals surface area contributed by atoms with Gasteiger partial charge in [-0.3, -0.25) is 0 Å². The molecular weight excluding hydrogens is 252 g/mol. The monoisotopic (exact) mass is 276 g/mol. The van der Waals surface area contributed by atoms with E-state index in [1.54, 1.807) is 12.1 Å². The summed E-state index contributed by atoms with van der Waals surface area (Å²) in [4.78, 5) is 18.3. The molecule has 0 amide bonds. The number of carboxylic acid groups (broad SMARTS) is 1. The van der Waals surface area contributed by atoms with Gasteiger partial charge in [0, 0.05) is 18.3 Å². The van der Waals surface area contributed by atoms with E-state index in [0.717, 1.165) is 30.9 Å². The van der Waals surface area contributed by atoms with Crippen LogP contribution in [-0.4, -0.2) is 28.6 Å². The van der Waals surface area contributed by atoms with Crippen molar-refractivity contribution < 1.29 is 9.90 Å². The summed E-state index contributed by atoms with van der Waals surface area (Å²) >= 11 is 0. The number of hydrogen-bond acceptors (Lipinski definition) is 3. The van der Waals surface area contributed by atoms with Crippen LogP contribution in [0, 0.1) is 0 Å². The summed E-state index contributed by atoms with van der Waals surface area (Å²) in [5.41, 5.74) is 1.24. The fourth-order valence-electron chi connectivity index (χ4n) is 3.05. The number of aromatic carboxylic acids is 1. The Bertz CT molecular complexity index is 468. The first-order valence-corrected chi connectivity index (χ1v) is 7.66. The summed E-state index contributed by atoms with van der Waals surface area (Å²) < 4.78 is 0. The second-order valence-corrected chi connectivity index (χ2v) is 5.48. The van der Waals surface area contributed by atoms with E-state index in [1.165, 1.54) is 25.7 Å². The van der Waals surface area contributed by atoms with E-state index in [2.05, 4.69) is 23.7 Å². The van der Waals surface area contributed by atoms with Crippen molar-refractivity contribution in [3.63, 3.8) is 0 Å². The summed E-state index contributed by atoms with van der Waals surface area (Å²) in [5.74, 6) is -0.0313. The van der Waals surface area contributed by atoms with E-state index in [1.807, 2.05) is 0 Å². The number of hydrogen-bond donors (Lipinski definition) is 1. The summed E-state index contributed by atoms with van der Waals surface area (Å²) in [6.07, 6.45) is 6.72. The van der Waals surface area contributed by atoms with Crippen molar-refractivity contribution in [2.24, 2.45) is 0 Å². The van der Waals surface area contributed by atoms with Crippen molar-refractivity contribution in [1.29, 1.82) is 0 Å². The van der Waals surface area contributed by atoms with E-state index < -0.39 is 5.97 Å². The largest absolute Gasteiger partial charge is 0.478 e. The first-order chi connectivity index (χ1) is 9.65. The zero-order valence-electron chi connectivity index (χ0n) is 12.4. The van der Waals surface area contributed by atoms with Gasteiger partial charge in [0.1, 0.15) is 5.82 Å². The fourth-order valence-corrected chi connectivity index (χ4v) is 3.05. The Morgan fingerprint density at radius 1 is 1.35 bits per heavy atom. The highest BCUT2D eigenvalue weighted by molar-refractivity contribution is 5.88. The van der Waals surface area contributed by atoms with Crippen molar-refractivity contribution in [2.75, 3.05) is 11.4 Å². The van der Waals surface area contributed by atoms with Crippen molar-refractivity contribution >= 4 is 11.8 Å². The van der Waals surface area contributed by atoms with Gasteiger partial charge in [0.15, 0.2) is 0 Å². The quantitative estimate of drug-likeness (QED) is 0.864. The third-order valence-corrected chi connectivity index (χ3v) is 4.02. The predicted octanol–water partition coefficient (Wildman–Crippen LogP) is 3.50. The SMILES string of the molecule is CCCc1cc(C(=O)O)cc(N(CC)C2CCCC2)n1. The minimum atomic E-state index is -0.867. The fraction of sp³-hybridized carbons (Fsp3) is 0.625. The minimum absolute atomic E-state index is 0.356. The number of rotatable bonds is 6. The maximum absolute atomic E-state index is 11.3. The Morgan fingerprint density at radius 2 is 2.05 bits per heavy atom. The molecule has 1 heterocycles. The van der Waals surface area contributed by atoms with E-state index in [0.29, 0.717) is 11.6 Å². The van der Waals surface area contributed by atoms with Crippen molar-refractivity contribution in [1.82, 2.24) is 4.98 Å². The smallest absolute Gasteiger partial charge is 0.335 e. The molecule has 1 saturated carbocycles. The molecule has 0 aliphatic heterocycles. The third kappa shape index (κ3) is 3.30. The van der Waals surface area contributed by atoms with Gasteiger partial charge in [-0.2, -0.15) is 0 Å². The van der Waals surface area contributed by atoms with Crippen LogP contribution in [0.5, 0.6) is 0 Å². The van der Waals surface area contributed by atoms with Gasteiger partial charge in [-0.15, -0.1) is 0 Å². The number of nitrogens with zero attached hydrogens (tertiary/aromatic N) is 2. The molecule has 2 rings (SSSR count). The van der Waals surface area contributed by atoms with Crippen LogP contribution in [0.1, 0.15) is 62.0 Å². The van der Waals surface area contributed by atoms with E-state index >= 15 is 0 Å². The van der Waals surface area contributed by atoms with Crippen molar-refractivity contribution in [3.05, 3.63) is 23.4 Å². The molecule has 4 nitrogen and oxygen atoms in total. The molecule has 0 unspecified atom stereocenters. The molecule has 1 aliphatic carbocycles. The maximum atomic E-state index is 11.3. The minimum Gasteiger partial charge on any atom is -0.478 e. The lowest BCUT2D eigenvalue weighted by atomic mass is 10.1. The summed E-state index contributed by atoms with van der Waals surface area (Å²) in [5, 5.41) is 9.28. The summed E-state index contributed by atoms with van der Waals surface area (Å²) in [6, 6.07) is 3.95. The number of carbonyl (C=O) groups is 1. The van der Waals surface area contributed by atoms with Crippen LogP contribution in [0.2, 0.25) is 0 Å². The van der Waals surface area contributed by atoms with Crippen LogP contribution in [0.3, 0.4) is 0 Å². The normalized spacial score (nSPS) is 15.5. The highest BCUT2D eigenvalue weighted by atomic mass is 16.4. The topological polar surface area (TPSA) is 53.4 Å².